The fourth-order valence-electron chi connectivity index (χ4n) is 5.40. The van der Waals surface area contributed by atoms with E-state index in [2.05, 4.69) is 72.6 Å². The molecule has 0 amide bonds. The van der Waals surface area contributed by atoms with Gasteiger partial charge in [-0.15, -0.1) is 0 Å². The van der Waals surface area contributed by atoms with Gasteiger partial charge in [-0.2, -0.15) is 0 Å². The Hall–Kier alpha value is -3.99. The predicted octanol–water partition coefficient (Wildman–Crippen LogP) is 7.20. The van der Waals surface area contributed by atoms with Gasteiger partial charge in [0.25, 0.3) is 0 Å². The van der Waals surface area contributed by atoms with Crippen molar-refractivity contribution in [2.24, 2.45) is 0 Å². The lowest BCUT2D eigenvalue weighted by atomic mass is 9.83. The minimum Gasteiger partial charge on any atom is -0.482 e. The first-order chi connectivity index (χ1) is 17.6. The number of carboxylic acids is 1. The lowest BCUT2D eigenvalue weighted by Gasteiger charge is -2.21. The van der Waals surface area contributed by atoms with Crippen molar-refractivity contribution in [3.05, 3.63) is 101 Å². The SMILES string of the molecule is CCCc1cccc2c(C(c3ccccc3OCC(=O)O)c3c[nH]c4c(CCC)cccc34)c[nH]c12. The molecule has 0 radical (unpaired) electrons. The minimum atomic E-state index is -0.992. The first-order valence-electron chi connectivity index (χ1n) is 12.7. The maximum Gasteiger partial charge on any atom is 0.341 e. The Morgan fingerprint density at radius 1 is 0.778 bits per heavy atom. The van der Waals surface area contributed by atoms with Crippen LogP contribution in [0.2, 0.25) is 0 Å². The number of nitrogens with one attached hydrogen (secondary N) is 2. The van der Waals surface area contributed by atoms with E-state index in [-0.39, 0.29) is 12.5 Å². The van der Waals surface area contributed by atoms with Gasteiger partial charge in [0.2, 0.25) is 0 Å². The number of aryl methyl sites for hydroxylation is 2. The number of rotatable bonds is 10. The number of carbonyl (C=O) groups is 1. The summed E-state index contributed by atoms with van der Waals surface area (Å²) in [5.41, 5.74) is 8.18. The Labute approximate surface area is 211 Å². The van der Waals surface area contributed by atoms with E-state index in [0.29, 0.717) is 5.75 Å². The normalized spacial score (nSPS) is 11.5. The molecule has 3 N–H and O–H groups in total. The van der Waals surface area contributed by atoms with Crippen LogP contribution >= 0.6 is 0 Å². The van der Waals surface area contributed by atoms with Crippen LogP contribution < -0.4 is 4.74 Å². The van der Waals surface area contributed by atoms with E-state index < -0.39 is 5.97 Å². The van der Waals surface area contributed by atoms with E-state index in [1.54, 1.807) is 0 Å². The number of aliphatic carboxylic acids is 1. The summed E-state index contributed by atoms with van der Waals surface area (Å²) in [4.78, 5) is 18.4. The van der Waals surface area contributed by atoms with Crippen LogP contribution in [0, 0.1) is 0 Å². The molecule has 2 aromatic heterocycles. The molecule has 5 rings (SSSR count). The van der Waals surface area contributed by atoms with Gasteiger partial charge in [0.1, 0.15) is 5.75 Å². The largest absolute Gasteiger partial charge is 0.482 e. The smallest absolute Gasteiger partial charge is 0.341 e. The molecular weight excluding hydrogens is 448 g/mol. The van der Waals surface area contributed by atoms with Crippen LogP contribution in [0.4, 0.5) is 0 Å². The van der Waals surface area contributed by atoms with Crippen molar-refractivity contribution in [1.82, 2.24) is 9.97 Å². The molecule has 0 spiro atoms. The van der Waals surface area contributed by atoms with E-state index in [1.165, 1.54) is 21.9 Å². The van der Waals surface area contributed by atoms with Crippen molar-refractivity contribution in [2.75, 3.05) is 6.61 Å². The molecule has 0 saturated heterocycles. The number of carboxylic acid groups (broad SMARTS) is 1. The van der Waals surface area contributed by atoms with Crippen molar-refractivity contribution < 1.29 is 14.6 Å². The molecule has 36 heavy (non-hydrogen) atoms. The third-order valence-corrected chi connectivity index (χ3v) is 6.91. The quantitative estimate of drug-likeness (QED) is 0.198. The van der Waals surface area contributed by atoms with E-state index >= 15 is 0 Å². The lowest BCUT2D eigenvalue weighted by molar-refractivity contribution is -0.139. The number of H-pyrrole nitrogens is 2. The fourth-order valence-corrected chi connectivity index (χ4v) is 5.40. The van der Waals surface area contributed by atoms with Crippen LogP contribution in [0.25, 0.3) is 21.8 Å². The van der Waals surface area contributed by atoms with Gasteiger partial charge in [0.15, 0.2) is 6.61 Å². The average Bonchev–Trinajstić information content (AvgIpc) is 3.51. The molecule has 5 heteroatoms. The molecule has 0 bridgehead atoms. The van der Waals surface area contributed by atoms with E-state index in [0.717, 1.165) is 53.4 Å². The Kier molecular flexibility index (Phi) is 6.81. The molecule has 2 heterocycles. The van der Waals surface area contributed by atoms with Crippen LogP contribution in [0.3, 0.4) is 0 Å². The summed E-state index contributed by atoms with van der Waals surface area (Å²) >= 11 is 0. The molecule has 5 nitrogen and oxygen atoms in total. The highest BCUT2D eigenvalue weighted by atomic mass is 16.5. The highest BCUT2D eigenvalue weighted by Gasteiger charge is 2.27. The monoisotopic (exact) mass is 480 g/mol. The van der Waals surface area contributed by atoms with Gasteiger partial charge in [-0.3, -0.25) is 0 Å². The molecule has 0 unspecified atom stereocenters. The summed E-state index contributed by atoms with van der Waals surface area (Å²) in [5, 5.41) is 11.6. The maximum atomic E-state index is 11.3. The summed E-state index contributed by atoms with van der Waals surface area (Å²) in [7, 11) is 0. The van der Waals surface area contributed by atoms with E-state index in [9.17, 15) is 9.90 Å². The Balaban J connectivity index is 1.75. The number of aromatic amines is 2. The van der Waals surface area contributed by atoms with E-state index in [4.69, 9.17) is 4.74 Å². The van der Waals surface area contributed by atoms with Crippen LogP contribution in [0.1, 0.15) is 60.4 Å². The van der Waals surface area contributed by atoms with Crippen molar-refractivity contribution in [3.63, 3.8) is 0 Å². The van der Waals surface area contributed by atoms with Gasteiger partial charge in [-0.25, -0.2) is 4.79 Å². The summed E-state index contributed by atoms with van der Waals surface area (Å²) in [6.07, 6.45) is 8.38. The van der Waals surface area contributed by atoms with Crippen molar-refractivity contribution in [2.45, 2.75) is 45.4 Å². The molecule has 0 aliphatic rings. The van der Waals surface area contributed by atoms with Crippen LogP contribution in [0.15, 0.2) is 73.1 Å². The third-order valence-electron chi connectivity index (χ3n) is 6.91. The zero-order valence-corrected chi connectivity index (χ0v) is 20.8. The number of benzene rings is 3. The molecule has 3 aromatic carbocycles. The summed E-state index contributed by atoms with van der Waals surface area (Å²) in [6.45, 7) is 4.01. The second-order valence-electron chi connectivity index (χ2n) is 9.32. The Morgan fingerprint density at radius 2 is 1.33 bits per heavy atom. The van der Waals surface area contributed by atoms with Gasteiger partial charge < -0.3 is 19.8 Å². The maximum absolute atomic E-state index is 11.3. The number of aromatic nitrogens is 2. The molecule has 0 aliphatic carbocycles. The van der Waals surface area contributed by atoms with Gasteiger partial charge >= 0.3 is 5.97 Å². The number of hydrogen-bond donors (Lipinski definition) is 3. The second-order valence-corrected chi connectivity index (χ2v) is 9.32. The number of hydrogen-bond acceptors (Lipinski definition) is 2. The Morgan fingerprint density at radius 3 is 1.86 bits per heavy atom. The van der Waals surface area contributed by atoms with Crippen molar-refractivity contribution >= 4 is 27.8 Å². The molecule has 0 aliphatic heterocycles. The zero-order valence-electron chi connectivity index (χ0n) is 20.8. The van der Waals surface area contributed by atoms with Gasteiger partial charge in [0.05, 0.1) is 0 Å². The highest BCUT2D eigenvalue weighted by Crippen LogP contribution is 2.43. The number of ether oxygens (including phenoxy) is 1. The molecule has 0 atom stereocenters. The Bertz CT molecular complexity index is 1430. The molecule has 5 aromatic rings. The van der Waals surface area contributed by atoms with Gasteiger partial charge in [0, 0.05) is 45.7 Å². The van der Waals surface area contributed by atoms with Crippen molar-refractivity contribution in [1.29, 1.82) is 0 Å². The van der Waals surface area contributed by atoms with Crippen LogP contribution in [0.5, 0.6) is 5.75 Å². The standard InChI is InChI=1S/C31H32N2O3/c1-3-9-20-11-7-14-22-25(17-32-30(20)22)29(24-13-5-6-16-27(24)36-19-28(34)35)26-18-33-31-21(10-4-2)12-8-15-23(26)31/h5-8,11-18,29,32-33H,3-4,9-10,19H2,1-2H3,(H,34,35). The molecule has 0 fully saturated rings. The number of fused-ring (bicyclic) bond motifs is 2. The first kappa shape index (κ1) is 23.7. The zero-order chi connectivity index (χ0) is 25.1. The number of para-hydroxylation sites is 3. The van der Waals surface area contributed by atoms with Gasteiger partial charge in [-0.05, 0) is 41.2 Å². The second kappa shape index (κ2) is 10.3. The lowest BCUT2D eigenvalue weighted by Crippen LogP contribution is -2.12. The van der Waals surface area contributed by atoms with Gasteiger partial charge in [-0.1, -0.05) is 81.3 Å². The molecule has 184 valence electrons. The van der Waals surface area contributed by atoms with E-state index in [1.807, 2.05) is 24.3 Å². The third kappa shape index (κ3) is 4.37. The fraction of sp³-hybridized carbons (Fsp3) is 0.258. The first-order valence-corrected chi connectivity index (χ1v) is 12.7. The summed E-state index contributed by atoms with van der Waals surface area (Å²) < 4.78 is 5.80. The predicted molar refractivity (Wildman–Crippen MR) is 145 cm³/mol. The topological polar surface area (TPSA) is 78.1 Å². The molecular formula is C31H32N2O3. The highest BCUT2D eigenvalue weighted by molar-refractivity contribution is 5.91. The van der Waals surface area contributed by atoms with Crippen LogP contribution in [-0.4, -0.2) is 27.7 Å². The minimum absolute atomic E-state index is 0.147. The van der Waals surface area contributed by atoms with Crippen molar-refractivity contribution in [3.8, 4) is 5.75 Å². The molecule has 0 saturated carbocycles. The summed E-state index contributed by atoms with van der Waals surface area (Å²) in [6, 6.07) is 20.8. The summed E-state index contributed by atoms with van der Waals surface area (Å²) in [5.74, 6) is -0.553. The average molecular weight is 481 g/mol. The van der Waals surface area contributed by atoms with Crippen LogP contribution in [-0.2, 0) is 17.6 Å².